The first-order chi connectivity index (χ1) is 19.6. The summed E-state index contributed by atoms with van der Waals surface area (Å²) in [4.78, 5) is 18.5. The van der Waals surface area contributed by atoms with Crippen LogP contribution in [0, 0.1) is 11.6 Å². The average Bonchev–Trinajstić information content (AvgIpc) is 3.56. The van der Waals surface area contributed by atoms with Gasteiger partial charge >= 0.3 is 0 Å². The van der Waals surface area contributed by atoms with Crippen LogP contribution >= 0.6 is 0 Å². The minimum absolute atomic E-state index is 0.102. The second kappa shape index (κ2) is 10.0. The zero-order chi connectivity index (χ0) is 28.9. The fraction of sp³-hybridized carbons (Fsp3) is 0.172. The summed E-state index contributed by atoms with van der Waals surface area (Å²) in [6.07, 6.45) is 6.19. The molecule has 9 nitrogen and oxygen atoms in total. The molecule has 12 heteroatoms. The van der Waals surface area contributed by atoms with Gasteiger partial charge in [0.1, 0.15) is 32.7 Å². The van der Waals surface area contributed by atoms with Crippen LogP contribution in [0.5, 0.6) is 0 Å². The maximum atomic E-state index is 16.1. The van der Waals surface area contributed by atoms with Crippen LogP contribution in [0.2, 0.25) is 0 Å². The summed E-state index contributed by atoms with van der Waals surface area (Å²) in [5, 5.41) is 7.50. The lowest BCUT2D eigenvalue weighted by atomic mass is 10.0. The van der Waals surface area contributed by atoms with Crippen LogP contribution in [0.25, 0.3) is 55.8 Å². The lowest BCUT2D eigenvalue weighted by molar-refractivity contribution is 0.600. The van der Waals surface area contributed by atoms with E-state index in [-0.39, 0.29) is 23.3 Å². The quantitative estimate of drug-likeness (QED) is 0.271. The van der Waals surface area contributed by atoms with Crippen LogP contribution in [0.15, 0.2) is 61.1 Å². The van der Waals surface area contributed by atoms with E-state index in [1.54, 1.807) is 42.9 Å². The molecule has 0 saturated heterocycles. The molecular formula is C29H25F2N7O2S. The maximum Gasteiger partial charge on any atom is 0.159 e. The number of sulfone groups is 1. The third-order valence-corrected chi connectivity index (χ3v) is 7.78. The van der Waals surface area contributed by atoms with Crippen LogP contribution in [0.1, 0.15) is 5.56 Å². The van der Waals surface area contributed by atoms with Crippen molar-refractivity contribution in [1.29, 1.82) is 0 Å². The van der Waals surface area contributed by atoms with Crippen LogP contribution in [0.4, 0.5) is 14.5 Å². The van der Waals surface area contributed by atoms with Crippen molar-refractivity contribution >= 4 is 37.5 Å². The number of aromatic amines is 2. The number of anilines is 1. The van der Waals surface area contributed by atoms with Gasteiger partial charge < -0.3 is 9.88 Å². The summed E-state index contributed by atoms with van der Waals surface area (Å²) in [5.41, 5.74) is 5.03. The van der Waals surface area contributed by atoms with E-state index in [2.05, 4.69) is 25.1 Å². The first-order valence-electron chi connectivity index (χ1n) is 12.7. The number of hydrogen-bond donors (Lipinski definition) is 2. The highest BCUT2D eigenvalue weighted by molar-refractivity contribution is 7.90. The van der Waals surface area contributed by atoms with Gasteiger partial charge in [0.25, 0.3) is 0 Å². The number of fused-ring (bicyclic) bond motifs is 2. The van der Waals surface area contributed by atoms with Crippen molar-refractivity contribution in [3.05, 3.63) is 78.3 Å². The molecule has 0 unspecified atom stereocenters. The lowest BCUT2D eigenvalue weighted by Crippen LogP contribution is -2.08. The molecule has 0 aliphatic carbocycles. The first kappa shape index (κ1) is 26.5. The third kappa shape index (κ3) is 5.13. The molecule has 0 aliphatic heterocycles. The van der Waals surface area contributed by atoms with Crippen molar-refractivity contribution in [2.45, 2.75) is 6.42 Å². The molecule has 0 atom stereocenters. The monoisotopic (exact) mass is 573 g/mol. The predicted octanol–water partition coefficient (Wildman–Crippen LogP) is 5.16. The number of rotatable bonds is 7. The summed E-state index contributed by atoms with van der Waals surface area (Å²) < 4.78 is 53.9. The molecule has 6 aromatic rings. The topological polar surface area (TPSA) is 121 Å². The Balaban J connectivity index is 1.45. The van der Waals surface area contributed by atoms with E-state index >= 15 is 4.39 Å². The summed E-state index contributed by atoms with van der Waals surface area (Å²) in [6.45, 7) is 0. The third-order valence-electron chi connectivity index (χ3n) is 6.84. The van der Waals surface area contributed by atoms with Gasteiger partial charge in [0, 0.05) is 49.4 Å². The van der Waals surface area contributed by atoms with Gasteiger partial charge in [-0.2, -0.15) is 5.10 Å². The van der Waals surface area contributed by atoms with Crippen molar-refractivity contribution in [1.82, 2.24) is 30.1 Å². The Bertz CT molecular complexity index is 2050. The normalized spacial score (nSPS) is 11.9. The molecule has 6 rings (SSSR count). The molecule has 0 fully saturated rings. The molecule has 0 aliphatic rings. The van der Waals surface area contributed by atoms with E-state index in [9.17, 15) is 12.8 Å². The highest BCUT2D eigenvalue weighted by Crippen LogP contribution is 2.35. The zero-order valence-electron chi connectivity index (χ0n) is 22.4. The SMILES string of the molecule is CN(C)c1cncc(-c2ccc3[nH]nc(-c4nc5c(-c6cc(F)cc(CCS(C)(=O)=O)c6)nccc5[nH]4)c3c2F)c1. The first-order valence-corrected chi connectivity index (χ1v) is 14.8. The van der Waals surface area contributed by atoms with Crippen LogP contribution in [-0.4, -0.2) is 64.7 Å². The van der Waals surface area contributed by atoms with Gasteiger partial charge in [-0.15, -0.1) is 0 Å². The zero-order valence-corrected chi connectivity index (χ0v) is 23.2. The molecule has 4 heterocycles. The number of H-pyrrole nitrogens is 2. The van der Waals surface area contributed by atoms with E-state index in [0.717, 1.165) is 11.9 Å². The Kier molecular flexibility index (Phi) is 6.49. The van der Waals surface area contributed by atoms with Gasteiger partial charge in [-0.05, 0) is 54.4 Å². The standard InChI is InChI=1S/C29H25F2N7O2S/c1-38(2)20-13-18(14-32-15-20)21-4-5-22-24(25(21)31)28(37-36-22)29-34-23-6-8-33-26(27(23)35-29)17-10-16(11-19(30)12-17)7-9-41(3,39)40/h4-6,8,10-15H,7,9H2,1-3H3,(H,34,35)(H,36,37). The van der Waals surface area contributed by atoms with Crippen molar-refractivity contribution in [3.63, 3.8) is 0 Å². The van der Waals surface area contributed by atoms with E-state index in [1.807, 2.05) is 25.1 Å². The number of benzene rings is 2. The van der Waals surface area contributed by atoms with Gasteiger partial charge in [0.2, 0.25) is 0 Å². The number of halogens is 2. The molecular weight excluding hydrogens is 548 g/mol. The predicted molar refractivity (Wildman–Crippen MR) is 155 cm³/mol. The molecule has 2 aromatic carbocycles. The number of aryl methyl sites for hydroxylation is 1. The van der Waals surface area contributed by atoms with E-state index in [0.29, 0.717) is 50.3 Å². The Morgan fingerprint density at radius 1 is 0.951 bits per heavy atom. The lowest BCUT2D eigenvalue weighted by Gasteiger charge is -2.13. The Hall–Kier alpha value is -4.71. The molecule has 41 heavy (non-hydrogen) atoms. The second-order valence-corrected chi connectivity index (χ2v) is 12.4. The second-order valence-electron chi connectivity index (χ2n) is 10.1. The van der Waals surface area contributed by atoms with Crippen molar-refractivity contribution in [2.24, 2.45) is 0 Å². The summed E-state index contributed by atoms with van der Waals surface area (Å²) in [5.74, 6) is -0.773. The minimum Gasteiger partial charge on any atom is -0.376 e. The number of aromatic nitrogens is 6. The summed E-state index contributed by atoms with van der Waals surface area (Å²) in [7, 11) is 0.558. The number of pyridine rings is 2. The molecule has 208 valence electrons. The summed E-state index contributed by atoms with van der Waals surface area (Å²) in [6, 6.07) is 11.4. The Morgan fingerprint density at radius 3 is 2.56 bits per heavy atom. The molecule has 0 spiro atoms. The van der Waals surface area contributed by atoms with Crippen LogP contribution in [-0.2, 0) is 16.3 Å². The van der Waals surface area contributed by atoms with Gasteiger partial charge in [-0.25, -0.2) is 22.2 Å². The van der Waals surface area contributed by atoms with E-state index < -0.39 is 21.5 Å². The van der Waals surface area contributed by atoms with Crippen molar-refractivity contribution < 1.29 is 17.2 Å². The number of imidazole rings is 1. The number of nitrogens with one attached hydrogen (secondary N) is 2. The molecule has 2 N–H and O–H groups in total. The highest BCUT2D eigenvalue weighted by Gasteiger charge is 2.21. The van der Waals surface area contributed by atoms with Crippen molar-refractivity contribution in [3.8, 4) is 33.9 Å². The minimum atomic E-state index is -3.22. The van der Waals surface area contributed by atoms with E-state index in [4.69, 9.17) is 4.98 Å². The van der Waals surface area contributed by atoms with Gasteiger partial charge in [-0.1, -0.05) is 0 Å². The highest BCUT2D eigenvalue weighted by atomic mass is 32.2. The van der Waals surface area contributed by atoms with Crippen LogP contribution in [0.3, 0.4) is 0 Å². The molecule has 4 aromatic heterocycles. The molecule has 0 bridgehead atoms. The number of hydrogen-bond acceptors (Lipinski definition) is 7. The average molecular weight is 574 g/mol. The van der Waals surface area contributed by atoms with Gasteiger partial charge in [-0.3, -0.25) is 15.1 Å². The maximum absolute atomic E-state index is 16.1. The van der Waals surface area contributed by atoms with Gasteiger partial charge in [0.05, 0.1) is 39.8 Å². The molecule has 0 radical (unpaired) electrons. The van der Waals surface area contributed by atoms with Gasteiger partial charge in [0.15, 0.2) is 5.82 Å². The van der Waals surface area contributed by atoms with E-state index in [1.165, 1.54) is 12.1 Å². The fourth-order valence-electron chi connectivity index (χ4n) is 4.78. The largest absolute Gasteiger partial charge is 0.376 e. The Labute approximate surface area is 234 Å². The summed E-state index contributed by atoms with van der Waals surface area (Å²) >= 11 is 0. The molecule has 0 amide bonds. The Morgan fingerprint density at radius 2 is 1.78 bits per heavy atom. The molecule has 0 saturated carbocycles. The fourth-order valence-corrected chi connectivity index (χ4v) is 5.39. The smallest absolute Gasteiger partial charge is 0.159 e. The number of nitrogens with zero attached hydrogens (tertiary/aromatic N) is 5. The van der Waals surface area contributed by atoms with Crippen LogP contribution < -0.4 is 4.90 Å². The van der Waals surface area contributed by atoms with Crippen molar-refractivity contribution in [2.75, 3.05) is 31.0 Å².